The number of nitrogens with one attached hydrogen (secondary N) is 15. The summed E-state index contributed by atoms with van der Waals surface area (Å²) in [7, 11) is 0. The predicted octanol–water partition coefficient (Wildman–Crippen LogP) is -5.62. The highest BCUT2D eigenvalue weighted by atomic mass is 127. The molecule has 738 valence electrons. The molecule has 29 N–H and O–H groups in total. The van der Waals surface area contributed by atoms with Gasteiger partial charge in [0, 0.05) is 78.4 Å². The number of primary amides is 3. The molecule has 13 atom stereocenters. The number of benzene rings is 1. The molecule has 1 aromatic carbocycles. The molecular weight excluding hydrogens is 1830 g/mol. The zero-order chi connectivity index (χ0) is 99.5. The van der Waals surface area contributed by atoms with Gasteiger partial charge in [0.1, 0.15) is 78.3 Å². The van der Waals surface area contributed by atoms with Crippen molar-refractivity contribution < 1.29 is 117 Å². The largest absolute Gasteiger partial charge is 0.507 e. The highest BCUT2D eigenvalue weighted by molar-refractivity contribution is 14.1. The van der Waals surface area contributed by atoms with Crippen LogP contribution in [0, 0.1) is 21.3 Å². The lowest BCUT2D eigenvalue weighted by molar-refractivity contribution is -0.143. The van der Waals surface area contributed by atoms with Gasteiger partial charge in [-0.1, -0.05) is 57.9 Å². The first-order valence-corrected chi connectivity index (χ1v) is 44.6. The van der Waals surface area contributed by atoms with E-state index in [0.717, 1.165) is 18.7 Å². The van der Waals surface area contributed by atoms with Gasteiger partial charge in [-0.2, -0.15) is 0 Å². The minimum atomic E-state index is -1.88. The summed E-state index contributed by atoms with van der Waals surface area (Å²) in [6.07, 6.45) is -5.77. The number of carbonyl (C=O) groups is 18. The van der Waals surface area contributed by atoms with Crippen LogP contribution >= 0.6 is 22.6 Å². The van der Waals surface area contributed by atoms with Gasteiger partial charge in [-0.05, 0) is 177 Å². The minimum Gasteiger partial charge on any atom is -0.507 e. The lowest BCUT2D eigenvalue weighted by Crippen LogP contribution is -2.62. The van der Waals surface area contributed by atoms with Crippen LogP contribution in [0.1, 0.15) is 192 Å². The number of hydrogen-bond acceptors (Lipinski definition) is 29. The zero-order valence-corrected chi connectivity index (χ0v) is 79.3. The number of likely N-dealkylation sites (tertiary alicyclic amines) is 1. The Morgan fingerprint density at radius 3 is 1.40 bits per heavy atom. The fourth-order valence-corrected chi connectivity index (χ4v) is 14.1. The lowest BCUT2D eigenvalue weighted by atomic mass is 9.99. The van der Waals surface area contributed by atoms with Crippen LogP contribution in [0.3, 0.4) is 0 Å². The summed E-state index contributed by atoms with van der Waals surface area (Å²) in [5.74, 6) is -20.0. The fourth-order valence-electron chi connectivity index (χ4n) is 13.5. The van der Waals surface area contributed by atoms with Crippen molar-refractivity contribution >= 4 is 140 Å². The Balaban J connectivity index is 2.47. The van der Waals surface area contributed by atoms with Crippen molar-refractivity contribution in [2.75, 3.05) is 65.5 Å². The summed E-state index contributed by atoms with van der Waals surface area (Å²) in [6.45, 7) is 23.8. The Morgan fingerprint density at radius 2 is 0.962 bits per heavy atom. The van der Waals surface area contributed by atoms with E-state index in [0.29, 0.717) is 66.1 Å². The van der Waals surface area contributed by atoms with Crippen LogP contribution in [-0.4, -0.2) is 314 Å². The number of nitrogens with zero attached hydrogens (tertiary/aromatic N) is 4. The SMILES string of the molecule is CC(=O)N[C@@H](CC(N)=O)C(=O)N[C@@H](CCC(N)=O)C(=O)N[C@@H](CCC(=O)O)C(=O)N[C@@H](CCC(N)=O)C(=O)N[C@H](C(=O)N[C@@H](CO)C(=O)N1CCC[C@H]1C(=O)N[C@@H](Cc1ccc(O)c(I)c1)C(=O)N[C@H](C(=O)N[C@@H](CC(C)C)C(=O)N[C@@H](CC(C)C)C(=O)N[C@@H](CCCCN)C(=O)NCC(=O)NCCN(CCNC(C)(C)/C(C)=N/O)CCNC(C)(C)/C(C)=N/O)[C@@H](C)O)C(C)C. The van der Waals surface area contributed by atoms with E-state index in [-0.39, 0.29) is 75.7 Å². The van der Waals surface area contributed by atoms with E-state index in [1.807, 2.05) is 50.3 Å². The fraction of sp³-hybridized carbons (Fsp3) is 0.687. The number of aliphatic carboxylic acids is 1. The lowest BCUT2D eigenvalue weighted by Gasteiger charge is -2.31. The molecule has 1 fully saturated rings. The van der Waals surface area contributed by atoms with Gasteiger partial charge in [0.25, 0.3) is 0 Å². The van der Waals surface area contributed by atoms with Gasteiger partial charge >= 0.3 is 5.97 Å². The molecule has 47 nitrogen and oxygen atoms in total. The van der Waals surface area contributed by atoms with Crippen molar-refractivity contribution in [3.8, 4) is 5.75 Å². The van der Waals surface area contributed by atoms with Crippen molar-refractivity contribution in [1.29, 1.82) is 0 Å². The number of unbranched alkanes of at least 4 members (excludes halogenated alkanes) is 1. The third kappa shape index (κ3) is 42.8. The number of aromatic hydroxyl groups is 1. The number of phenols is 1. The number of carboxylic acids is 1. The van der Waals surface area contributed by atoms with Crippen LogP contribution < -0.4 is 103 Å². The van der Waals surface area contributed by atoms with Crippen molar-refractivity contribution in [2.45, 2.75) is 283 Å². The molecule has 0 aliphatic carbocycles. The third-order valence-electron chi connectivity index (χ3n) is 21.6. The number of halogens is 1. The molecule has 1 aromatic rings. The summed E-state index contributed by atoms with van der Waals surface area (Å²) in [5, 5.41) is 107. The molecule has 1 heterocycles. The number of phenolic OH excluding ortho intramolecular Hbond substituents is 1. The van der Waals surface area contributed by atoms with Gasteiger partial charge in [-0.25, -0.2) is 0 Å². The molecular formula is C83H140IN23O24. The molecule has 17 amide bonds. The maximum atomic E-state index is 14.8. The van der Waals surface area contributed by atoms with Crippen LogP contribution in [0.4, 0.5) is 0 Å². The van der Waals surface area contributed by atoms with Crippen LogP contribution in [0.2, 0.25) is 0 Å². The molecule has 131 heavy (non-hydrogen) atoms. The molecule has 0 saturated carbocycles. The van der Waals surface area contributed by atoms with Gasteiger partial charge in [0.15, 0.2) is 0 Å². The Bertz CT molecular complexity index is 4080. The normalized spacial score (nSPS) is 15.8. The second-order valence-electron chi connectivity index (χ2n) is 34.6. The number of carboxylic acid groups (broad SMARTS) is 1. The Morgan fingerprint density at radius 1 is 0.527 bits per heavy atom. The number of hydrogen-bond donors (Lipinski definition) is 25. The molecule has 0 bridgehead atoms. The molecule has 2 rings (SSSR count). The first-order chi connectivity index (χ1) is 61.2. The maximum Gasteiger partial charge on any atom is 0.303 e. The van der Waals surface area contributed by atoms with Crippen molar-refractivity contribution in [2.24, 2.45) is 51.0 Å². The summed E-state index contributed by atoms with van der Waals surface area (Å²) in [5.41, 5.74) is 21.8. The molecule has 0 spiro atoms. The molecule has 1 aliphatic heterocycles. The number of nitrogens with two attached hydrogens (primary N) is 4. The number of rotatable bonds is 62. The number of carbonyl (C=O) groups excluding carboxylic acids is 17. The van der Waals surface area contributed by atoms with Gasteiger partial charge in [-0.15, -0.1) is 0 Å². The first kappa shape index (κ1) is 116. The summed E-state index contributed by atoms with van der Waals surface area (Å²) >= 11 is 1.82. The highest BCUT2D eigenvalue weighted by Crippen LogP contribution is 2.24. The Hall–Kier alpha value is -11.1. The van der Waals surface area contributed by atoms with Crippen molar-refractivity contribution in [1.82, 2.24) is 89.6 Å². The van der Waals surface area contributed by atoms with Gasteiger partial charge < -0.3 is 138 Å². The highest BCUT2D eigenvalue weighted by Gasteiger charge is 2.43. The maximum absolute atomic E-state index is 14.8. The average molecular weight is 1970 g/mol. The van der Waals surface area contributed by atoms with E-state index < -0.39 is 260 Å². The molecule has 0 aromatic heterocycles. The van der Waals surface area contributed by atoms with Crippen LogP contribution in [0.15, 0.2) is 28.5 Å². The van der Waals surface area contributed by atoms with E-state index in [9.17, 15) is 117 Å². The van der Waals surface area contributed by atoms with E-state index in [1.54, 1.807) is 41.5 Å². The van der Waals surface area contributed by atoms with Crippen LogP contribution in [-0.2, 0) is 92.7 Å². The number of oxime groups is 2. The number of aliphatic hydroxyl groups excluding tert-OH is 2. The van der Waals surface area contributed by atoms with E-state index >= 15 is 0 Å². The zero-order valence-electron chi connectivity index (χ0n) is 77.2. The van der Waals surface area contributed by atoms with Crippen LogP contribution in [0.5, 0.6) is 5.75 Å². The molecule has 1 saturated heterocycles. The predicted molar refractivity (Wildman–Crippen MR) is 486 cm³/mol. The van der Waals surface area contributed by atoms with Crippen LogP contribution in [0.25, 0.3) is 0 Å². The Labute approximate surface area is 775 Å². The molecule has 48 heteroatoms. The second kappa shape index (κ2) is 57.9. The summed E-state index contributed by atoms with van der Waals surface area (Å²) < 4.78 is 0.314. The first-order valence-electron chi connectivity index (χ1n) is 43.5. The van der Waals surface area contributed by atoms with Gasteiger partial charge in [0.05, 0.1) is 51.7 Å². The Kier molecular flexibility index (Phi) is 51.3. The summed E-state index contributed by atoms with van der Waals surface area (Å²) in [6, 6.07) is -15.4. The summed E-state index contributed by atoms with van der Waals surface area (Å²) in [4.78, 5) is 248. The standard InChI is InChI=1S/C83H140IN23O24/c1-43(2)36-56(74(122)94-52(18-15-16-28-85)70(118)90-41-66(115)89-29-33-106(34-30-91-82(11,12)47(8)104-130)35-31-92-83(13,14)48(9)105-131)98-75(123)57(37-44(3)4)100-80(128)69(46(7)109)103-77(125)58(39-50-20-24-62(111)51(84)38-50)99-78(126)61-19-17-32-107(61)81(129)60(42-108)101-79(127)68(45(5)6)102-73(121)54(22-26-64(87)113)95-72(120)55(23-27-67(116)117)96-71(119)53(21-25-63(86)112)97-76(124)59(40-65(88)114)93-49(10)110/h20,24,38,43-46,52-61,68-69,91-92,108-109,111,130-131H,15-19,21-23,25-37,39-42,85H2,1-14H3,(H2,86,112)(H2,87,113)(H2,88,114)(H,89,115)(H,90,118)(H,93,110)(H,94,122)(H,95,120)(H,96,119)(H,97,124)(H,98,123)(H,99,126)(H,100,128)(H,101,127)(H,102,121)(H,103,125)(H,116,117)/b104-47+,105-48+/t46-,52+,53+,54+,55+,56+,57+,58+,59+,60+,61+,68+,69+/m1/s1. The molecule has 0 unspecified atom stereocenters. The van der Waals surface area contributed by atoms with Crippen molar-refractivity contribution in [3.63, 3.8) is 0 Å². The van der Waals surface area contributed by atoms with Gasteiger partial charge in [-0.3, -0.25) is 91.2 Å². The second-order valence-corrected chi connectivity index (χ2v) is 35.8. The topological polar surface area (TPSA) is 744 Å². The smallest absolute Gasteiger partial charge is 0.303 e. The molecule has 1 aliphatic rings. The molecule has 0 radical (unpaired) electrons. The minimum absolute atomic E-state index is 0.0124. The average Bonchev–Trinajstić information content (AvgIpc) is 1.72. The van der Waals surface area contributed by atoms with E-state index in [2.05, 4.69) is 95.0 Å². The van der Waals surface area contributed by atoms with Crippen molar-refractivity contribution in [3.05, 3.63) is 27.3 Å². The van der Waals surface area contributed by atoms with E-state index in [4.69, 9.17) is 22.9 Å². The number of amides is 17. The third-order valence-corrected chi connectivity index (χ3v) is 22.4. The van der Waals surface area contributed by atoms with E-state index in [1.165, 1.54) is 32.0 Å². The van der Waals surface area contributed by atoms with Gasteiger partial charge in [0.2, 0.25) is 100 Å². The number of aliphatic hydroxyl groups is 2. The quantitative estimate of drug-likeness (QED) is 0.00950. The monoisotopic (exact) mass is 1970 g/mol.